The van der Waals surface area contributed by atoms with Gasteiger partial charge in [-0.3, -0.25) is 4.21 Å². The van der Waals surface area contributed by atoms with Gasteiger partial charge in [-0.25, -0.2) is 0 Å². The van der Waals surface area contributed by atoms with Crippen molar-refractivity contribution in [1.29, 1.82) is 0 Å². The van der Waals surface area contributed by atoms with Crippen LogP contribution in [0.4, 0.5) is 0 Å². The van der Waals surface area contributed by atoms with Gasteiger partial charge in [0.05, 0.1) is 5.52 Å². The van der Waals surface area contributed by atoms with Gasteiger partial charge in [0.1, 0.15) is 0 Å². The van der Waals surface area contributed by atoms with Gasteiger partial charge in [-0.2, -0.15) is 0 Å². The third kappa shape index (κ3) is 2.59. The molecule has 0 fully saturated rings. The highest BCUT2D eigenvalue weighted by molar-refractivity contribution is 7.79. The lowest BCUT2D eigenvalue weighted by atomic mass is 10.1. The van der Waals surface area contributed by atoms with Gasteiger partial charge in [0.15, 0.2) is 0 Å². The maximum atomic E-state index is 11.2. The number of aryl methyl sites for hydroxylation is 1. The predicted octanol–water partition coefficient (Wildman–Crippen LogP) is 2.68. The molecule has 0 amide bonds. The summed E-state index contributed by atoms with van der Waals surface area (Å²) in [5.41, 5.74) is 9.84. The molecule has 1 heterocycles. The number of fused-ring (bicyclic) bond motifs is 1. The maximum Gasteiger partial charge on any atom is 0.0531 e. The fraction of sp³-hybridized carbons (Fsp3) is 0.176. The number of rotatable bonds is 4. The monoisotopic (exact) mass is 313 g/mol. The van der Waals surface area contributed by atoms with E-state index in [9.17, 15) is 8.76 Å². The van der Waals surface area contributed by atoms with E-state index in [4.69, 9.17) is 5.73 Å². The molecule has 2 N–H and O–H groups in total. The summed E-state index contributed by atoms with van der Waals surface area (Å²) in [5.74, 6) is 0. The summed E-state index contributed by atoms with van der Waals surface area (Å²) in [7, 11) is 0. The van der Waals surface area contributed by atoms with E-state index in [0.29, 0.717) is 11.4 Å². The molecule has 0 bridgehead atoms. The van der Waals surface area contributed by atoms with E-state index in [2.05, 4.69) is 12.1 Å². The average Bonchev–Trinajstić information content (AvgIpc) is 2.93. The normalized spacial score (nSPS) is 12.7. The van der Waals surface area contributed by atoms with E-state index in [1.165, 1.54) is 5.56 Å². The second-order valence-electron chi connectivity index (χ2n) is 5.26. The van der Waals surface area contributed by atoms with Gasteiger partial charge in [0, 0.05) is 22.2 Å². The molecular formula is C17H17N2O2S-. The number of hydrogen-bond donors (Lipinski definition) is 1. The summed E-state index contributed by atoms with van der Waals surface area (Å²) in [6, 6.07) is 13.3. The third-order valence-corrected chi connectivity index (χ3v) is 4.51. The van der Waals surface area contributed by atoms with E-state index in [0.717, 1.165) is 28.6 Å². The van der Waals surface area contributed by atoms with Crippen LogP contribution in [0, 0.1) is 6.92 Å². The molecule has 1 unspecified atom stereocenters. The van der Waals surface area contributed by atoms with Crippen LogP contribution in [0.15, 0.2) is 53.6 Å². The molecule has 22 heavy (non-hydrogen) atoms. The zero-order valence-electron chi connectivity index (χ0n) is 12.3. The van der Waals surface area contributed by atoms with Crippen LogP contribution in [0.25, 0.3) is 16.6 Å². The molecule has 2 aromatic carbocycles. The molecule has 4 nitrogen and oxygen atoms in total. The maximum absolute atomic E-state index is 11.2. The molecule has 0 saturated heterocycles. The van der Waals surface area contributed by atoms with Crippen LogP contribution in [0.2, 0.25) is 0 Å². The Hall–Kier alpha value is -1.95. The first-order chi connectivity index (χ1) is 10.6. The Morgan fingerprint density at radius 2 is 2.05 bits per heavy atom. The zero-order chi connectivity index (χ0) is 15.7. The Bertz CT molecular complexity index is 855. The quantitative estimate of drug-likeness (QED) is 0.753. The molecule has 0 spiro atoms. The average molecular weight is 313 g/mol. The first-order valence-electron chi connectivity index (χ1n) is 7.11. The number of benzene rings is 2. The summed E-state index contributed by atoms with van der Waals surface area (Å²) in [6.45, 7) is 2.58. The molecule has 0 aliphatic rings. The van der Waals surface area contributed by atoms with Crippen molar-refractivity contribution in [3.05, 3.63) is 59.8 Å². The van der Waals surface area contributed by atoms with Gasteiger partial charge in [0.25, 0.3) is 0 Å². The molecule has 5 heteroatoms. The Morgan fingerprint density at radius 1 is 1.23 bits per heavy atom. The fourth-order valence-corrected chi connectivity index (χ4v) is 3.15. The fourth-order valence-electron chi connectivity index (χ4n) is 2.77. The molecule has 0 aliphatic carbocycles. The topological polar surface area (TPSA) is 71.1 Å². The van der Waals surface area contributed by atoms with Crippen LogP contribution in [-0.4, -0.2) is 19.9 Å². The van der Waals surface area contributed by atoms with E-state index in [1.807, 2.05) is 35.9 Å². The van der Waals surface area contributed by atoms with Crippen LogP contribution in [0.3, 0.4) is 0 Å². The van der Waals surface area contributed by atoms with Gasteiger partial charge in [-0.1, -0.05) is 18.2 Å². The summed E-state index contributed by atoms with van der Waals surface area (Å²) >= 11 is -2.23. The van der Waals surface area contributed by atoms with Crippen LogP contribution in [-0.2, 0) is 17.5 Å². The SMILES string of the molecule is Cc1ccc(S(=O)[O-])cc1-n1ccc2c(CCN)cccc21. The second-order valence-corrected chi connectivity index (χ2v) is 6.20. The Labute approximate surface area is 131 Å². The molecule has 114 valence electrons. The van der Waals surface area contributed by atoms with Gasteiger partial charge in [-0.05, 0) is 66.4 Å². The van der Waals surface area contributed by atoms with Crippen LogP contribution in [0.5, 0.6) is 0 Å². The van der Waals surface area contributed by atoms with Crippen molar-refractivity contribution in [3.63, 3.8) is 0 Å². The van der Waals surface area contributed by atoms with E-state index < -0.39 is 11.1 Å². The van der Waals surface area contributed by atoms with Crippen molar-refractivity contribution < 1.29 is 8.76 Å². The highest BCUT2D eigenvalue weighted by Crippen LogP contribution is 2.26. The lowest BCUT2D eigenvalue weighted by molar-refractivity contribution is 0.537. The minimum atomic E-state index is -2.23. The summed E-state index contributed by atoms with van der Waals surface area (Å²) < 4.78 is 24.5. The molecule has 1 atom stereocenters. The third-order valence-electron chi connectivity index (χ3n) is 3.87. The smallest absolute Gasteiger partial charge is 0.0531 e. The molecule has 1 aromatic heterocycles. The van der Waals surface area contributed by atoms with Crippen LogP contribution >= 0.6 is 0 Å². The van der Waals surface area contributed by atoms with Crippen LogP contribution < -0.4 is 5.73 Å². The highest BCUT2D eigenvalue weighted by atomic mass is 32.2. The number of nitrogens with zero attached hydrogens (tertiary/aromatic N) is 1. The summed E-state index contributed by atoms with van der Waals surface area (Å²) in [5, 5.41) is 1.15. The molecule has 3 rings (SSSR count). The Kier molecular flexibility index (Phi) is 4.11. The minimum Gasteiger partial charge on any atom is -0.768 e. The van der Waals surface area contributed by atoms with Gasteiger partial charge < -0.3 is 14.9 Å². The van der Waals surface area contributed by atoms with E-state index >= 15 is 0 Å². The number of nitrogens with two attached hydrogens (primary N) is 1. The van der Waals surface area contributed by atoms with Crippen molar-refractivity contribution in [3.8, 4) is 5.69 Å². The van der Waals surface area contributed by atoms with Crippen molar-refractivity contribution in [2.24, 2.45) is 5.73 Å². The standard InChI is InChI=1S/C17H18N2O2S/c1-12-5-6-14(22(20)21)11-17(12)19-10-8-15-13(7-9-18)3-2-4-16(15)19/h2-6,8,10-11H,7,9,18H2,1H3,(H,20,21)/p-1. The van der Waals surface area contributed by atoms with Gasteiger partial charge >= 0.3 is 0 Å². The minimum absolute atomic E-state index is 0.292. The summed E-state index contributed by atoms with van der Waals surface area (Å²) in [6.07, 6.45) is 2.80. The van der Waals surface area contributed by atoms with Gasteiger partial charge in [0.2, 0.25) is 0 Å². The largest absolute Gasteiger partial charge is 0.768 e. The van der Waals surface area contributed by atoms with Crippen molar-refractivity contribution in [2.45, 2.75) is 18.2 Å². The van der Waals surface area contributed by atoms with Crippen molar-refractivity contribution >= 4 is 22.0 Å². The lowest BCUT2D eigenvalue weighted by Crippen LogP contribution is -2.03. The lowest BCUT2D eigenvalue weighted by Gasteiger charge is -2.13. The van der Waals surface area contributed by atoms with Crippen molar-refractivity contribution in [1.82, 2.24) is 4.57 Å². The van der Waals surface area contributed by atoms with E-state index in [-0.39, 0.29) is 0 Å². The number of aromatic nitrogens is 1. The molecule has 0 aliphatic heterocycles. The van der Waals surface area contributed by atoms with Crippen LogP contribution in [0.1, 0.15) is 11.1 Å². The number of hydrogen-bond acceptors (Lipinski definition) is 3. The zero-order valence-corrected chi connectivity index (χ0v) is 13.1. The van der Waals surface area contributed by atoms with E-state index in [1.54, 1.807) is 12.1 Å². The molecule has 0 saturated carbocycles. The molecule has 0 radical (unpaired) electrons. The first-order valence-corrected chi connectivity index (χ1v) is 8.18. The first kappa shape index (κ1) is 15.0. The molecular weight excluding hydrogens is 296 g/mol. The summed E-state index contributed by atoms with van der Waals surface area (Å²) in [4.78, 5) is 0.292. The highest BCUT2D eigenvalue weighted by Gasteiger charge is 2.09. The van der Waals surface area contributed by atoms with Gasteiger partial charge in [-0.15, -0.1) is 0 Å². The molecule has 3 aromatic rings. The second kappa shape index (κ2) is 6.04. The van der Waals surface area contributed by atoms with Crippen molar-refractivity contribution in [2.75, 3.05) is 6.54 Å². The Morgan fingerprint density at radius 3 is 2.77 bits per heavy atom. The Balaban J connectivity index is 2.21. The predicted molar refractivity (Wildman–Crippen MR) is 88.0 cm³/mol.